The number of carbonyl (C=O) groups is 1. The smallest absolute Gasteiger partial charge is 0.220 e. The fraction of sp³-hybridized carbons (Fsp3) is 0.323. The first-order valence-electron chi connectivity index (χ1n) is 13.1. The van der Waals surface area contributed by atoms with E-state index in [1.807, 2.05) is 36.4 Å². The van der Waals surface area contributed by atoms with Gasteiger partial charge in [0.1, 0.15) is 5.75 Å². The molecule has 6 heteroatoms. The van der Waals surface area contributed by atoms with Gasteiger partial charge in [0.05, 0.1) is 13.2 Å². The van der Waals surface area contributed by atoms with Crippen molar-refractivity contribution in [2.24, 2.45) is 0 Å². The Labute approximate surface area is 219 Å². The number of hydrogen-bond donors (Lipinski definition) is 2. The first-order chi connectivity index (χ1) is 18.1. The third kappa shape index (κ3) is 6.04. The maximum absolute atomic E-state index is 13.3. The van der Waals surface area contributed by atoms with Crippen molar-refractivity contribution in [3.05, 3.63) is 90.0 Å². The predicted molar refractivity (Wildman–Crippen MR) is 150 cm³/mol. The molecule has 2 heterocycles. The Balaban J connectivity index is 1.32. The number of piperazine rings is 1. The highest BCUT2D eigenvalue weighted by Crippen LogP contribution is 2.32. The molecule has 2 N–H and O–H groups in total. The number of H-pyrrole nitrogens is 1. The molecule has 0 saturated carbocycles. The topological polar surface area (TPSA) is 60.6 Å². The second-order valence-corrected chi connectivity index (χ2v) is 9.89. The molecule has 37 heavy (non-hydrogen) atoms. The summed E-state index contributed by atoms with van der Waals surface area (Å²) in [6.45, 7) is 4.99. The van der Waals surface area contributed by atoms with Gasteiger partial charge in [-0.1, -0.05) is 48.5 Å². The van der Waals surface area contributed by atoms with Gasteiger partial charge in [-0.15, -0.1) is 0 Å². The average Bonchev–Trinajstić information content (AvgIpc) is 3.32. The zero-order valence-electron chi connectivity index (χ0n) is 21.7. The van der Waals surface area contributed by atoms with Crippen LogP contribution < -0.4 is 10.1 Å². The molecule has 1 aliphatic rings. The van der Waals surface area contributed by atoms with Crippen molar-refractivity contribution in [1.82, 2.24) is 20.1 Å². The molecule has 0 spiro atoms. The highest BCUT2D eigenvalue weighted by atomic mass is 16.5. The summed E-state index contributed by atoms with van der Waals surface area (Å²) in [5.41, 5.74) is 5.56. The average molecular weight is 497 g/mol. The fourth-order valence-electron chi connectivity index (χ4n) is 5.18. The molecule has 1 saturated heterocycles. The van der Waals surface area contributed by atoms with E-state index < -0.39 is 0 Å². The number of rotatable bonds is 9. The van der Waals surface area contributed by atoms with Crippen LogP contribution in [0.4, 0.5) is 0 Å². The standard InChI is InChI=1S/C31H36N4O2/c1-34-18-20-35(21-19-34)22-29(23-8-4-3-5-9-23)32-30(36)17-16-27-26-10-6-7-11-28(26)33-31(27)24-12-14-25(37-2)15-13-24/h3-15,29,33H,16-22H2,1-2H3,(H,32,36). The van der Waals surface area contributed by atoms with E-state index in [1.54, 1.807) is 7.11 Å². The number of amides is 1. The summed E-state index contributed by atoms with van der Waals surface area (Å²) in [7, 11) is 3.84. The number of carbonyl (C=O) groups excluding carboxylic acids is 1. The number of nitrogens with zero attached hydrogens (tertiary/aromatic N) is 2. The second-order valence-electron chi connectivity index (χ2n) is 9.89. The Kier molecular flexibility index (Phi) is 7.87. The highest BCUT2D eigenvalue weighted by Gasteiger charge is 2.22. The molecule has 1 aliphatic heterocycles. The van der Waals surface area contributed by atoms with Gasteiger partial charge in [-0.25, -0.2) is 0 Å². The minimum Gasteiger partial charge on any atom is -0.497 e. The van der Waals surface area contributed by atoms with Crippen molar-refractivity contribution >= 4 is 16.8 Å². The van der Waals surface area contributed by atoms with Crippen LogP contribution in [0, 0.1) is 0 Å². The summed E-state index contributed by atoms with van der Waals surface area (Å²) in [6.07, 6.45) is 1.09. The van der Waals surface area contributed by atoms with Crippen LogP contribution in [0.3, 0.4) is 0 Å². The summed E-state index contributed by atoms with van der Waals surface area (Å²) >= 11 is 0. The second kappa shape index (κ2) is 11.6. The number of para-hydroxylation sites is 1. The van der Waals surface area contributed by atoms with E-state index >= 15 is 0 Å². The monoisotopic (exact) mass is 496 g/mol. The van der Waals surface area contributed by atoms with Crippen LogP contribution in [0.1, 0.15) is 23.6 Å². The van der Waals surface area contributed by atoms with Crippen molar-refractivity contribution in [2.45, 2.75) is 18.9 Å². The lowest BCUT2D eigenvalue weighted by Gasteiger charge is -2.35. The number of aryl methyl sites for hydroxylation is 1. The van der Waals surface area contributed by atoms with Crippen LogP contribution in [-0.4, -0.2) is 67.6 Å². The number of methoxy groups -OCH3 is 1. The first kappa shape index (κ1) is 25.1. The number of nitrogens with one attached hydrogen (secondary N) is 2. The number of likely N-dealkylation sites (N-methyl/N-ethyl adjacent to an activating group) is 1. The normalized spacial score (nSPS) is 15.5. The number of benzene rings is 3. The summed E-state index contributed by atoms with van der Waals surface area (Å²) in [4.78, 5) is 21.7. The van der Waals surface area contributed by atoms with E-state index in [1.165, 1.54) is 5.56 Å². The minimum absolute atomic E-state index is 0.0267. The van der Waals surface area contributed by atoms with Gasteiger partial charge in [0.2, 0.25) is 5.91 Å². The van der Waals surface area contributed by atoms with Crippen LogP contribution in [0.2, 0.25) is 0 Å². The van der Waals surface area contributed by atoms with Gasteiger partial charge in [-0.3, -0.25) is 9.69 Å². The molecule has 1 unspecified atom stereocenters. The molecule has 3 aromatic carbocycles. The molecule has 1 fully saturated rings. The van der Waals surface area contributed by atoms with Crippen molar-refractivity contribution in [1.29, 1.82) is 0 Å². The van der Waals surface area contributed by atoms with Gasteiger partial charge >= 0.3 is 0 Å². The van der Waals surface area contributed by atoms with Crippen LogP contribution in [-0.2, 0) is 11.2 Å². The molecule has 0 radical (unpaired) electrons. The van der Waals surface area contributed by atoms with Gasteiger partial charge in [-0.2, -0.15) is 0 Å². The largest absolute Gasteiger partial charge is 0.497 e. The first-order valence-corrected chi connectivity index (χ1v) is 13.1. The zero-order chi connectivity index (χ0) is 25.6. The lowest BCUT2D eigenvalue weighted by molar-refractivity contribution is -0.122. The van der Waals surface area contributed by atoms with Crippen LogP contribution >= 0.6 is 0 Å². The number of aromatic amines is 1. The van der Waals surface area contributed by atoms with Crippen LogP contribution in [0.15, 0.2) is 78.9 Å². The quantitative estimate of drug-likeness (QED) is 0.347. The molecule has 4 aromatic rings. The Hall–Kier alpha value is -3.61. The highest BCUT2D eigenvalue weighted by molar-refractivity contribution is 5.91. The summed E-state index contributed by atoms with van der Waals surface area (Å²) in [5, 5.41) is 4.52. The van der Waals surface area contributed by atoms with Gasteiger partial charge in [0, 0.05) is 55.7 Å². The lowest BCUT2D eigenvalue weighted by atomic mass is 10.0. The zero-order valence-corrected chi connectivity index (χ0v) is 21.7. The van der Waals surface area contributed by atoms with Crippen molar-refractivity contribution in [2.75, 3.05) is 46.9 Å². The fourth-order valence-corrected chi connectivity index (χ4v) is 5.18. The summed E-state index contributed by atoms with van der Waals surface area (Å²) < 4.78 is 5.34. The molecule has 5 rings (SSSR count). The third-order valence-corrected chi connectivity index (χ3v) is 7.37. The van der Waals surface area contributed by atoms with Gasteiger partial charge in [0.15, 0.2) is 0 Å². The van der Waals surface area contributed by atoms with E-state index in [0.29, 0.717) is 12.8 Å². The van der Waals surface area contributed by atoms with Crippen molar-refractivity contribution in [3.8, 4) is 17.0 Å². The summed E-state index contributed by atoms with van der Waals surface area (Å²) in [6, 6.07) is 26.7. The van der Waals surface area contributed by atoms with Gasteiger partial charge < -0.3 is 19.9 Å². The van der Waals surface area contributed by atoms with Crippen LogP contribution in [0.5, 0.6) is 5.75 Å². The minimum atomic E-state index is -0.0267. The molecular weight excluding hydrogens is 460 g/mol. The molecule has 192 valence electrons. The van der Waals surface area contributed by atoms with E-state index in [2.05, 4.69) is 69.6 Å². The Morgan fingerprint density at radius 2 is 1.65 bits per heavy atom. The lowest BCUT2D eigenvalue weighted by Crippen LogP contribution is -2.47. The molecule has 1 aromatic heterocycles. The summed E-state index contributed by atoms with van der Waals surface area (Å²) in [5.74, 6) is 0.905. The predicted octanol–water partition coefficient (Wildman–Crippen LogP) is 4.88. The van der Waals surface area contributed by atoms with Gasteiger partial charge in [0.25, 0.3) is 0 Å². The molecular formula is C31H36N4O2. The van der Waals surface area contributed by atoms with Crippen molar-refractivity contribution in [3.63, 3.8) is 0 Å². The Morgan fingerprint density at radius 1 is 0.946 bits per heavy atom. The van der Waals surface area contributed by atoms with E-state index in [0.717, 1.165) is 66.2 Å². The number of hydrogen-bond acceptors (Lipinski definition) is 4. The molecule has 1 atom stereocenters. The Morgan fingerprint density at radius 3 is 2.38 bits per heavy atom. The molecule has 6 nitrogen and oxygen atoms in total. The van der Waals surface area contributed by atoms with E-state index in [4.69, 9.17) is 4.74 Å². The van der Waals surface area contributed by atoms with Crippen molar-refractivity contribution < 1.29 is 9.53 Å². The third-order valence-electron chi connectivity index (χ3n) is 7.37. The number of fused-ring (bicyclic) bond motifs is 1. The maximum Gasteiger partial charge on any atom is 0.220 e. The molecule has 0 aliphatic carbocycles. The van der Waals surface area contributed by atoms with E-state index in [9.17, 15) is 4.79 Å². The SMILES string of the molecule is COc1ccc(-c2[nH]c3ccccc3c2CCC(=O)NC(CN2CCN(C)CC2)c2ccccc2)cc1. The molecule has 1 amide bonds. The van der Waals surface area contributed by atoms with E-state index in [-0.39, 0.29) is 11.9 Å². The van der Waals surface area contributed by atoms with Gasteiger partial charge in [-0.05, 0) is 60.5 Å². The maximum atomic E-state index is 13.3. The number of ether oxygens (including phenoxy) is 1. The van der Waals surface area contributed by atoms with Crippen LogP contribution in [0.25, 0.3) is 22.2 Å². The molecule has 0 bridgehead atoms. The Bertz CT molecular complexity index is 1310. The number of aromatic nitrogens is 1.